The van der Waals surface area contributed by atoms with Crippen molar-refractivity contribution in [2.24, 2.45) is 11.1 Å². The summed E-state index contributed by atoms with van der Waals surface area (Å²) in [6.07, 6.45) is 10.3. The molecule has 3 N–H and O–H groups in total. The third-order valence-electron chi connectivity index (χ3n) is 4.13. The zero-order valence-electron chi connectivity index (χ0n) is 16.7. The summed E-state index contributed by atoms with van der Waals surface area (Å²) in [7, 11) is 0. The monoisotopic (exact) mass is 320 g/mol. The van der Waals surface area contributed by atoms with E-state index in [0.717, 1.165) is 32.1 Å². The SMILES string of the molecule is C=C(C)CCC=C(C)CC(C)(C)CC=C(C)CC(C)(C)NCN. The second-order valence-electron chi connectivity index (χ2n) is 8.58. The van der Waals surface area contributed by atoms with E-state index in [1.165, 1.54) is 16.7 Å². The van der Waals surface area contributed by atoms with Crippen molar-refractivity contribution in [2.45, 2.75) is 86.1 Å². The Bertz CT molecular complexity index is 425. The van der Waals surface area contributed by atoms with Crippen LogP contribution in [0.5, 0.6) is 0 Å². The molecule has 23 heavy (non-hydrogen) atoms. The first-order valence-corrected chi connectivity index (χ1v) is 8.88. The van der Waals surface area contributed by atoms with Crippen molar-refractivity contribution in [2.75, 3.05) is 6.67 Å². The summed E-state index contributed by atoms with van der Waals surface area (Å²) in [5, 5.41) is 3.34. The molecule has 0 rings (SSSR count). The third kappa shape index (κ3) is 12.3. The van der Waals surface area contributed by atoms with Gasteiger partial charge in [-0.2, -0.15) is 0 Å². The highest BCUT2D eigenvalue weighted by Gasteiger charge is 2.19. The highest BCUT2D eigenvalue weighted by molar-refractivity contribution is 5.08. The number of rotatable bonds is 11. The summed E-state index contributed by atoms with van der Waals surface area (Å²) in [5.74, 6) is 0. The minimum atomic E-state index is 0.0673. The molecule has 0 heterocycles. The lowest BCUT2D eigenvalue weighted by molar-refractivity contribution is 0.361. The van der Waals surface area contributed by atoms with Crippen LogP contribution >= 0.6 is 0 Å². The van der Waals surface area contributed by atoms with Crippen molar-refractivity contribution in [1.29, 1.82) is 0 Å². The van der Waals surface area contributed by atoms with Crippen molar-refractivity contribution < 1.29 is 0 Å². The van der Waals surface area contributed by atoms with E-state index in [1.54, 1.807) is 0 Å². The van der Waals surface area contributed by atoms with Crippen LogP contribution in [0.2, 0.25) is 0 Å². The standard InChI is InChI=1S/C21H40N2/c1-17(2)10-9-11-18(3)14-20(5,6)13-12-19(4)15-21(7,8)23-16-22/h11-12,23H,1,9-10,13-16,22H2,2-8H3. The number of nitrogens with one attached hydrogen (secondary N) is 1. The van der Waals surface area contributed by atoms with E-state index >= 15 is 0 Å². The van der Waals surface area contributed by atoms with Gasteiger partial charge in [-0.15, -0.1) is 6.58 Å². The fourth-order valence-electron chi connectivity index (χ4n) is 3.02. The Morgan fingerprint density at radius 3 is 2.09 bits per heavy atom. The summed E-state index contributed by atoms with van der Waals surface area (Å²) >= 11 is 0. The van der Waals surface area contributed by atoms with Crippen LogP contribution in [0, 0.1) is 5.41 Å². The average Bonchev–Trinajstić information content (AvgIpc) is 2.34. The summed E-state index contributed by atoms with van der Waals surface area (Å²) in [6, 6.07) is 0. The van der Waals surface area contributed by atoms with Gasteiger partial charge in [0.25, 0.3) is 0 Å². The molecule has 0 aliphatic rings. The van der Waals surface area contributed by atoms with Crippen LogP contribution in [-0.2, 0) is 0 Å². The van der Waals surface area contributed by atoms with Gasteiger partial charge in [-0.05, 0) is 72.1 Å². The normalized spacial score (nSPS) is 14.3. The molecule has 0 aliphatic carbocycles. The Morgan fingerprint density at radius 2 is 1.57 bits per heavy atom. The number of hydrogen-bond donors (Lipinski definition) is 2. The zero-order chi connectivity index (χ0) is 18.1. The Morgan fingerprint density at radius 1 is 1.00 bits per heavy atom. The molecule has 0 bridgehead atoms. The minimum absolute atomic E-state index is 0.0673. The molecule has 2 heteroatoms. The van der Waals surface area contributed by atoms with E-state index in [4.69, 9.17) is 5.73 Å². The van der Waals surface area contributed by atoms with E-state index in [9.17, 15) is 0 Å². The van der Waals surface area contributed by atoms with Crippen LogP contribution in [0.25, 0.3) is 0 Å². The fraction of sp³-hybridized carbons (Fsp3) is 0.714. The van der Waals surface area contributed by atoms with Gasteiger partial charge >= 0.3 is 0 Å². The summed E-state index contributed by atoms with van der Waals surface area (Å²) in [6.45, 7) is 20.2. The molecule has 0 amide bonds. The number of allylic oxidation sites excluding steroid dienone is 4. The molecule has 0 saturated heterocycles. The zero-order valence-corrected chi connectivity index (χ0v) is 16.7. The van der Waals surface area contributed by atoms with E-state index in [1.807, 2.05) is 0 Å². The smallest absolute Gasteiger partial charge is 0.0433 e. The average molecular weight is 321 g/mol. The molecule has 0 saturated carbocycles. The molecule has 2 nitrogen and oxygen atoms in total. The lowest BCUT2D eigenvalue weighted by Gasteiger charge is -2.27. The van der Waals surface area contributed by atoms with Crippen LogP contribution in [0.1, 0.15) is 80.6 Å². The molecular weight excluding hydrogens is 280 g/mol. The molecule has 0 spiro atoms. The first kappa shape index (κ1) is 22.1. The predicted molar refractivity (Wildman–Crippen MR) is 105 cm³/mol. The predicted octanol–water partition coefficient (Wildman–Crippen LogP) is 5.72. The van der Waals surface area contributed by atoms with Gasteiger partial charge in [0, 0.05) is 12.2 Å². The molecule has 0 fully saturated rings. The largest absolute Gasteiger partial charge is 0.318 e. The molecule has 134 valence electrons. The number of nitrogens with two attached hydrogens (primary N) is 1. The molecule has 0 atom stereocenters. The van der Waals surface area contributed by atoms with Crippen molar-refractivity contribution in [3.8, 4) is 0 Å². The molecule has 0 aromatic carbocycles. The lowest BCUT2D eigenvalue weighted by Crippen LogP contribution is -2.42. The van der Waals surface area contributed by atoms with Crippen LogP contribution in [-0.4, -0.2) is 12.2 Å². The van der Waals surface area contributed by atoms with Crippen LogP contribution in [0.4, 0.5) is 0 Å². The van der Waals surface area contributed by atoms with Crippen molar-refractivity contribution in [3.63, 3.8) is 0 Å². The van der Waals surface area contributed by atoms with Gasteiger partial charge in [0.1, 0.15) is 0 Å². The van der Waals surface area contributed by atoms with Crippen LogP contribution < -0.4 is 11.1 Å². The Kier molecular flexibility index (Phi) is 9.72. The topological polar surface area (TPSA) is 38.0 Å². The van der Waals surface area contributed by atoms with Gasteiger partial charge < -0.3 is 5.73 Å². The first-order chi connectivity index (χ1) is 10.5. The van der Waals surface area contributed by atoms with Gasteiger partial charge in [-0.1, -0.05) is 42.7 Å². The second-order valence-corrected chi connectivity index (χ2v) is 8.58. The molecule has 0 unspecified atom stereocenters. The van der Waals surface area contributed by atoms with Gasteiger partial charge in [0.15, 0.2) is 0 Å². The number of hydrogen-bond acceptors (Lipinski definition) is 2. The minimum Gasteiger partial charge on any atom is -0.318 e. The molecule has 0 aromatic rings. The van der Waals surface area contributed by atoms with Gasteiger partial charge in [-0.3, -0.25) is 5.32 Å². The maximum Gasteiger partial charge on any atom is 0.0433 e. The summed E-state index contributed by atoms with van der Waals surface area (Å²) < 4.78 is 0. The van der Waals surface area contributed by atoms with E-state index < -0.39 is 0 Å². The molecule has 0 aromatic heterocycles. The Hall–Kier alpha value is -0.860. The Labute approximate surface area is 145 Å². The molecule has 0 radical (unpaired) electrons. The van der Waals surface area contributed by atoms with Crippen LogP contribution in [0.15, 0.2) is 35.5 Å². The second kappa shape index (κ2) is 10.1. The highest BCUT2D eigenvalue weighted by atomic mass is 15.0. The Balaban J connectivity index is 4.50. The highest BCUT2D eigenvalue weighted by Crippen LogP contribution is 2.31. The van der Waals surface area contributed by atoms with E-state index in [2.05, 4.69) is 72.5 Å². The summed E-state index contributed by atoms with van der Waals surface area (Å²) in [5.41, 5.74) is 10.2. The van der Waals surface area contributed by atoms with Crippen molar-refractivity contribution >= 4 is 0 Å². The summed E-state index contributed by atoms with van der Waals surface area (Å²) in [4.78, 5) is 0. The van der Waals surface area contributed by atoms with Gasteiger partial charge in [0.2, 0.25) is 0 Å². The van der Waals surface area contributed by atoms with E-state index in [0.29, 0.717) is 12.1 Å². The van der Waals surface area contributed by atoms with Gasteiger partial charge in [-0.25, -0.2) is 0 Å². The van der Waals surface area contributed by atoms with Crippen LogP contribution in [0.3, 0.4) is 0 Å². The quantitative estimate of drug-likeness (QED) is 0.377. The van der Waals surface area contributed by atoms with Gasteiger partial charge in [0.05, 0.1) is 0 Å². The molecular formula is C21H40N2. The maximum absolute atomic E-state index is 5.60. The first-order valence-electron chi connectivity index (χ1n) is 8.88. The maximum atomic E-state index is 5.60. The van der Waals surface area contributed by atoms with Crippen molar-refractivity contribution in [1.82, 2.24) is 5.32 Å². The van der Waals surface area contributed by atoms with E-state index in [-0.39, 0.29) is 5.54 Å². The fourth-order valence-corrected chi connectivity index (χ4v) is 3.02. The third-order valence-corrected chi connectivity index (χ3v) is 4.13. The molecule has 0 aliphatic heterocycles. The van der Waals surface area contributed by atoms with Crippen molar-refractivity contribution in [3.05, 3.63) is 35.5 Å². The lowest BCUT2D eigenvalue weighted by atomic mass is 9.81.